The molecule has 0 heterocycles. The Kier molecular flexibility index (Phi) is 6.32. The minimum Gasteiger partial charge on any atom is -0.326 e. The Morgan fingerprint density at radius 1 is 1.05 bits per heavy atom. The first-order chi connectivity index (χ1) is 9.82. The van der Waals surface area contributed by atoms with Gasteiger partial charge in [0.1, 0.15) is 0 Å². The van der Waals surface area contributed by atoms with Gasteiger partial charge < -0.3 is 10.6 Å². The lowest BCUT2D eigenvalue weighted by atomic mass is 10.2. The summed E-state index contributed by atoms with van der Waals surface area (Å²) in [5.74, 6) is -0.648. The van der Waals surface area contributed by atoms with E-state index in [2.05, 4.69) is 15.4 Å². The highest BCUT2D eigenvalue weighted by molar-refractivity contribution is 7.89. The van der Waals surface area contributed by atoms with Crippen LogP contribution in [0.2, 0.25) is 0 Å². The molecular weight excluding hydrogens is 294 g/mol. The number of anilines is 2. The second-order valence-corrected chi connectivity index (χ2v) is 6.37. The van der Waals surface area contributed by atoms with Crippen molar-refractivity contribution in [3.63, 3.8) is 0 Å². The quantitative estimate of drug-likeness (QED) is 0.696. The number of sulfonamides is 1. The second-order valence-electron chi connectivity index (χ2n) is 4.45. The molecule has 3 N–H and O–H groups in total. The van der Waals surface area contributed by atoms with Crippen molar-refractivity contribution in [2.45, 2.75) is 20.3 Å². The van der Waals surface area contributed by atoms with E-state index in [9.17, 15) is 18.0 Å². The molecule has 0 saturated carbocycles. The van der Waals surface area contributed by atoms with Crippen LogP contribution in [-0.2, 0) is 19.6 Å². The summed E-state index contributed by atoms with van der Waals surface area (Å²) in [6, 6.07) is 6.50. The van der Waals surface area contributed by atoms with Crippen molar-refractivity contribution in [3.05, 3.63) is 24.3 Å². The van der Waals surface area contributed by atoms with Crippen LogP contribution in [0, 0.1) is 0 Å². The van der Waals surface area contributed by atoms with E-state index in [0.29, 0.717) is 17.8 Å². The molecule has 0 saturated heterocycles. The van der Waals surface area contributed by atoms with E-state index in [1.165, 1.54) is 6.92 Å². The fourth-order valence-electron chi connectivity index (χ4n) is 1.56. The van der Waals surface area contributed by atoms with Gasteiger partial charge in [0.25, 0.3) is 0 Å². The predicted molar refractivity (Wildman–Crippen MR) is 81.5 cm³/mol. The van der Waals surface area contributed by atoms with Crippen LogP contribution < -0.4 is 15.4 Å². The van der Waals surface area contributed by atoms with Crippen molar-refractivity contribution in [3.8, 4) is 0 Å². The van der Waals surface area contributed by atoms with Crippen LogP contribution in [0.15, 0.2) is 24.3 Å². The zero-order chi connectivity index (χ0) is 15.9. The van der Waals surface area contributed by atoms with E-state index in [0.717, 1.165) is 0 Å². The van der Waals surface area contributed by atoms with E-state index in [4.69, 9.17) is 0 Å². The van der Waals surface area contributed by atoms with Crippen molar-refractivity contribution in [2.24, 2.45) is 0 Å². The van der Waals surface area contributed by atoms with Gasteiger partial charge in [-0.3, -0.25) is 9.59 Å². The van der Waals surface area contributed by atoms with Gasteiger partial charge in [-0.25, -0.2) is 13.1 Å². The Bertz CT molecular complexity index is 596. The lowest BCUT2D eigenvalue weighted by molar-refractivity contribution is -0.115. The maximum atomic E-state index is 11.6. The van der Waals surface area contributed by atoms with Gasteiger partial charge in [0.05, 0.1) is 12.3 Å². The van der Waals surface area contributed by atoms with Gasteiger partial charge in [-0.2, -0.15) is 0 Å². The summed E-state index contributed by atoms with van der Waals surface area (Å²) in [7, 11) is -3.40. The largest absolute Gasteiger partial charge is 0.326 e. The summed E-state index contributed by atoms with van der Waals surface area (Å²) in [6.45, 7) is 2.84. The fourth-order valence-corrected chi connectivity index (χ4v) is 2.59. The molecule has 2 amide bonds. The molecule has 116 valence electrons. The van der Waals surface area contributed by atoms with Gasteiger partial charge in [-0.05, 0) is 30.7 Å². The average Bonchev–Trinajstić information content (AvgIpc) is 2.38. The normalized spacial score (nSPS) is 11.0. The molecule has 0 bridgehead atoms. The van der Waals surface area contributed by atoms with E-state index in [1.807, 2.05) is 0 Å². The molecule has 0 aliphatic rings. The zero-order valence-electron chi connectivity index (χ0n) is 12.0. The molecule has 0 aliphatic carbocycles. The molecule has 1 aromatic carbocycles. The van der Waals surface area contributed by atoms with Gasteiger partial charge >= 0.3 is 0 Å². The topological polar surface area (TPSA) is 104 Å². The fraction of sp³-hybridized carbons (Fsp3) is 0.385. The first kappa shape index (κ1) is 17.1. The van der Waals surface area contributed by atoms with Crippen LogP contribution in [-0.4, -0.2) is 32.5 Å². The van der Waals surface area contributed by atoms with E-state index >= 15 is 0 Å². The molecule has 0 aromatic heterocycles. The second kappa shape index (κ2) is 7.75. The number of amides is 2. The molecule has 7 nitrogen and oxygen atoms in total. The van der Waals surface area contributed by atoms with Crippen LogP contribution in [0.25, 0.3) is 0 Å². The number of carbonyl (C=O) groups excluding carboxylic acids is 2. The highest BCUT2D eigenvalue weighted by Crippen LogP contribution is 2.13. The van der Waals surface area contributed by atoms with Crippen LogP contribution in [0.5, 0.6) is 0 Å². The first-order valence-corrected chi connectivity index (χ1v) is 8.12. The number of rotatable bonds is 7. The van der Waals surface area contributed by atoms with Crippen molar-refractivity contribution < 1.29 is 18.0 Å². The molecule has 0 radical (unpaired) electrons. The summed E-state index contributed by atoms with van der Waals surface area (Å²) in [4.78, 5) is 22.5. The highest BCUT2D eigenvalue weighted by Gasteiger charge is 2.11. The van der Waals surface area contributed by atoms with Crippen LogP contribution in [0.4, 0.5) is 11.4 Å². The summed E-state index contributed by atoms with van der Waals surface area (Å²) in [5, 5.41) is 5.16. The maximum Gasteiger partial charge on any atom is 0.239 e. The summed E-state index contributed by atoms with van der Waals surface area (Å²) >= 11 is 0. The number of hydrogen-bond donors (Lipinski definition) is 3. The molecule has 0 spiro atoms. The number of carbonyl (C=O) groups is 2. The molecule has 1 rings (SSSR count). The summed E-state index contributed by atoms with van der Waals surface area (Å²) in [5.41, 5.74) is 1.13. The third-order valence-electron chi connectivity index (χ3n) is 2.41. The maximum absolute atomic E-state index is 11.6. The van der Waals surface area contributed by atoms with Gasteiger partial charge in [-0.1, -0.05) is 6.92 Å². The van der Waals surface area contributed by atoms with Crippen molar-refractivity contribution in [2.75, 3.05) is 22.9 Å². The standard InChI is InChI=1S/C13H19N3O4S/c1-3-8-21(19,20)14-9-13(18)16-12-6-4-11(5-7-12)15-10(2)17/h4-7,14H,3,8-9H2,1-2H3,(H,15,17)(H,16,18). The minimum atomic E-state index is -3.40. The van der Waals surface area contributed by atoms with Crippen LogP contribution in [0.1, 0.15) is 20.3 Å². The Hall–Kier alpha value is -1.93. The van der Waals surface area contributed by atoms with Crippen molar-refractivity contribution in [1.29, 1.82) is 0 Å². The molecule has 8 heteroatoms. The third-order valence-corrected chi connectivity index (χ3v) is 3.94. The highest BCUT2D eigenvalue weighted by atomic mass is 32.2. The minimum absolute atomic E-state index is 0.00824. The number of hydrogen-bond acceptors (Lipinski definition) is 4. The third kappa shape index (κ3) is 6.87. The molecule has 0 aliphatic heterocycles. The van der Waals surface area contributed by atoms with Crippen LogP contribution in [0.3, 0.4) is 0 Å². The lowest BCUT2D eigenvalue weighted by Gasteiger charge is -2.08. The Morgan fingerprint density at radius 2 is 1.57 bits per heavy atom. The Labute approximate surface area is 124 Å². The molecule has 0 atom stereocenters. The van der Waals surface area contributed by atoms with Gasteiger partial charge in [0.15, 0.2) is 0 Å². The Balaban J connectivity index is 2.50. The average molecular weight is 313 g/mol. The van der Waals surface area contributed by atoms with E-state index in [-0.39, 0.29) is 18.2 Å². The molecule has 0 fully saturated rings. The van der Waals surface area contributed by atoms with Gasteiger partial charge in [-0.15, -0.1) is 0 Å². The van der Waals surface area contributed by atoms with Gasteiger partial charge in [0.2, 0.25) is 21.8 Å². The van der Waals surface area contributed by atoms with E-state index < -0.39 is 15.9 Å². The smallest absolute Gasteiger partial charge is 0.239 e. The monoisotopic (exact) mass is 313 g/mol. The zero-order valence-corrected chi connectivity index (χ0v) is 12.8. The number of benzene rings is 1. The molecule has 21 heavy (non-hydrogen) atoms. The summed E-state index contributed by atoms with van der Waals surface area (Å²) in [6.07, 6.45) is 0.488. The SMILES string of the molecule is CCCS(=O)(=O)NCC(=O)Nc1ccc(NC(C)=O)cc1. The molecule has 0 unspecified atom stereocenters. The molecular formula is C13H19N3O4S. The first-order valence-electron chi connectivity index (χ1n) is 6.47. The molecule has 1 aromatic rings. The van der Waals surface area contributed by atoms with Crippen LogP contribution >= 0.6 is 0 Å². The van der Waals surface area contributed by atoms with E-state index in [1.54, 1.807) is 31.2 Å². The van der Waals surface area contributed by atoms with Gasteiger partial charge in [0, 0.05) is 18.3 Å². The Morgan fingerprint density at radius 3 is 2.05 bits per heavy atom. The van der Waals surface area contributed by atoms with Crippen molar-refractivity contribution in [1.82, 2.24) is 4.72 Å². The van der Waals surface area contributed by atoms with Crippen molar-refractivity contribution >= 4 is 33.2 Å². The lowest BCUT2D eigenvalue weighted by Crippen LogP contribution is -2.34. The number of nitrogens with one attached hydrogen (secondary N) is 3. The summed E-state index contributed by atoms with van der Waals surface area (Å²) < 4.78 is 25.0. The predicted octanol–water partition coefficient (Wildman–Crippen LogP) is 0.913.